The third-order valence-corrected chi connectivity index (χ3v) is 4.95. The minimum Gasteiger partial charge on any atom is -0.493 e. The summed E-state index contributed by atoms with van der Waals surface area (Å²) in [5, 5.41) is 3.52. The van der Waals surface area contributed by atoms with Crippen LogP contribution in [0.2, 0.25) is 5.02 Å². The van der Waals surface area contributed by atoms with Gasteiger partial charge in [0.05, 0.1) is 30.9 Å². The van der Waals surface area contributed by atoms with E-state index in [1.54, 1.807) is 31.9 Å². The topological polar surface area (TPSA) is 49.2 Å². The van der Waals surface area contributed by atoms with Gasteiger partial charge in [-0.3, -0.25) is 4.57 Å². The van der Waals surface area contributed by atoms with E-state index in [0.717, 1.165) is 27.4 Å². The highest BCUT2D eigenvalue weighted by Gasteiger charge is 2.14. The maximum Gasteiger partial charge on any atom is 0.195 e. The van der Waals surface area contributed by atoms with Crippen molar-refractivity contribution < 1.29 is 9.47 Å². The van der Waals surface area contributed by atoms with Crippen molar-refractivity contribution in [2.24, 2.45) is 0 Å². The Morgan fingerprint density at radius 2 is 1.88 bits per heavy atom. The Labute approximate surface area is 153 Å². The van der Waals surface area contributed by atoms with E-state index >= 15 is 0 Å². The minimum absolute atomic E-state index is 0.652. The summed E-state index contributed by atoms with van der Waals surface area (Å²) in [6.45, 7) is 0. The summed E-state index contributed by atoms with van der Waals surface area (Å²) >= 11 is 7.62. The second-order valence-corrected chi connectivity index (χ2v) is 6.61. The Hall–Kier alpha value is -2.57. The van der Waals surface area contributed by atoms with E-state index in [-0.39, 0.29) is 0 Å². The predicted molar refractivity (Wildman–Crippen MR) is 100 cm³/mol. The Balaban J connectivity index is 1.80. The monoisotopic (exact) mass is 371 g/mol. The summed E-state index contributed by atoms with van der Waals surface area (Å²) in [4.78, 5) is 9.17. The first kappa shape index (κ1) is 15.9. The maximum atomic E-state index is 6.08. The quantitative estimate of drug-likeness (QED) is 0.516. The number of benzene rings is 2. The van der Waals surface area contributed by atoms with Crippen molar-refractivity contribution in [1.82, 2.24) is 14.5 Å². The molecule has 0 aliphatic heterocycles. The predicted octanol–water partition coefficient (Wildman–Crippen LogP) is 4.82. The summed E-state index contributed by atoms with van der Waals surface area (Å²) in [6.07, 6.45) is 1.75. The highest BCUT2D eigenvalue weighted by molar-refractivity contribution is 7.12. The lowest BCUT2D eigenvalue weighted by molar-refractivity contribution is 0.355. The lowest BCUT2D eigenvalue weighted by Crippen LogP contribution is -1.94. The Morgan fingerprint density at radius 1 is 1.08 bits per heavy atom. The zero-order valence-corrected chi connectivity index (χ0v) is 15.1. The molecule has 126 valence electrons. The van der Waals surface area contributed by atoms with Crippen LogP contribution in [-0.4, -0.2) is 28.8 Å². The molecule has 0 unspecified atom stereocenters. The lowest BCUT2D eigenvalue weighted by atomic mass is 10.2. The van der Waals surface area contributed by atoms with Crippen LogP contribution in [0.4, 0.5) is 0 Å². The van der Waals surface area contributed by atoms with Crippen molar-refractivity contribution in [2.75, 3.05) is 14.2 Å². The number of halogens is 1. The highest BCUT2D eigenvalue weighted by Crippen LogP contribution is 2.34. The van der Waals surface area contributed by atoms with Gasteiger partial charge in [0.25, 0.3) is 0 Å². The molecule has 0 bridgehead atoms. The molecule has 25 heavy (non-hydrogen) atoms. The number of ether oxygens (including phenoxy) is 2. The SMILES string of the molecule is COc1cc2ncn(-c3nc(-c4cccc(Cl)c4)cs3)c2cc1OC. The van der Waals surface area contributed by atoms with Crippen molar-refractivity contribution in [3.8, 4) is 27.9 Å². The van der Waals surface area contributed by atoms with Crippen LogP contribution in [0.3, 0.4) is 0 Å². The van der Waals surface area contributed by atoms with Crippen LogP contribution < -0.4 is 9.47 Å². The number of methoxy groups -OCH3 is 2. The van der Waals surface area contributed by atoms with Crippen LogP contribution in [0.1, 0.15) is 0 Å². The number of aromatic nitrogens is 3. The van der Waals surface area contributed by atoms with Gasteiger partial charge in [-0.2, -0.15) is 0 Å². The smallest absolute Gasteiger partial charge is 0.195 e. The fraction of sp³-hybridized carbons (Fsp3) is 0.111. The molecule has 0 spiro atoms. The van der Waals surface area contributed by atoms with Crippen LogP contribution in [0.5, 0.6) is 11.5 Å². The van der Waals surface area contributed by atoms with Gasteiger partial charge in [0, 0.05) is 28.1 Å². The van der Waals surface area contributed by atoms with E-state index in [0.29, 0.717) is 16.5 Å². The lowest BCUT2D eigenvalue weighted by Gasteiger charge is -2.07. The molecule has 0 fully saturated rings. The standard InChI is InChI=1S/C18H14ClN3O2S/c1-23-16-7-13-15(8-17(16)24-2)22(10-20-13)18-21-14(9-25-18)11-4-3-5-12(19)6-11/h3-10H,1-2H3. The first-order valence-corrected chi connectivity index (χ1v) is 8.76. The third-order valence-electron chi connectivity index (χ3n) is 3.87. The molecular weight excluding hydrogens is 358 g/mol. The number of hydrogen-bond donors (Lipinski definition) is 0. The zero-order valence-electron chi connectivity index (χ0n) is 13.6. The van der Waals surface area contributed by atoms with Crippen molar-refractivity contribution in [3.63, 3.8) is 0 Å². The van der Waals surface area contributed by atoms with Gasteiger partial charge in [0.15, 0.2) is 16.6 Å². The van der Waals surface area contributed by atoms with E-state index in [9.17, 15) is 0 Å². The van der Waals surface area contributed by atoms with E-state index in [1.165, 1.54) is 0 Å². The molecule has 0 saturated carbocycles. The van der Waals surface area contributed by atoms with Gasteiger partial charge in [-0.25, -0.2) is 9.97 Å². The molecule has 2 heterocycles. The zero-order chi connectivity index (χ0) is 17.4. The van der Waals surface area contributed by atoms with Gasteiger partial charge >= 0.3 is 0 Å². The Kier molecular flexibility index (Phi) is 4.07. The average Bonchev–Trinajstić information content (AvgIpc) is 3.26. The molecule has 0 aliphatic rings. The van der Waals surface area contributed by atoms with E-state index in [4.69, 9.17) is 26.1 Å². The number of thiazole rings is 1. The molecule has 2 aromatic carbocycles. The van der Waals surface area contributed by atoms with Crippen molar-refractivity contribution in [3.05, 3.63) is 53.1 Å². The first-order chi connectivity index (χ1) is 12.2. The summed E-state index contributed by atoms with van der Waals surface area (Å²) in [6, 6.07) is 11.4. The van der Waals surface area contributed by atoms with Crippen LogP contribution in [0.15, 0.2) is 48.1 Å². The largest absolute Gasteiger partial charge is 0.493 e. The molecule has 0 amide bonds. The van der Waals surface area contributed by atoms with Gasteiger partial charge in [0.2, 0.25) is 0 Å². The van der Waals surface area contributed by atoms with Gasteiger partial charge in [-0.1, -0.05) is 23.7 Å². The van der Waals surface area contributed by atoms with Crippen molar-refractivity contribution in [1.29, 1.82) is 0 Å². The molecular formula is C18H14ClN3O2S. The molecule has 4 aromatic rings. The molecule has 4 rings (SSSR count). The number of imidazole rings is 1. The number of fused-ring (bicyclic) bond motifs is 1. The van der Waals surface area contributed by atoms with Crippen molar-refractivity contribution in [2.45, 2.75) is 0 Å². The van der Waals surface area contributed by atoms with E-state index in [1.807, 2.05) is 46.3 Å². The fourth-order valence-corrected chi connectivity index (χ4v) is 3.65. The number of rotatable bonds is 4. The van der Waals surface area contributed by atoms with Crippen molar-refractivity contribution >= 4 is 34.0 Å². The molecule has 2 aromatic heterocycles. The van der Waals surface area contributed by atoms with E-state index in [2.05, 4.69) is 4.98 Å². The van der Waals surface area contributed by atoms with E-state index < -0.39 is 0 Å². The highest BCUT2D eigenvalue weighted by atomic mass is 35.5. The molecule has 0 aliphatic carbocycles. The van der Waals surface area contributed by atoms with Gasteiger partial charge in [-0.05, 0) is 12.1 Å². The van der Waals surface area contributed by atoms with Crippen LogP contribution in [0, 0.1) is 0 Å². The molecule has 5 nitrogen and oxygen atoms in total. The summed E-state index contributed by atoms with van der Waals surface area (Å²) < 4.78 is 12.7. The van der Waals surface area contributed by atoms with Crippen LogP contribution >= 0.6 is 22.9 Å². The second kappa shape index (κ2) is 6.38. The molecule has 0 atom stereocenters. The Morgan fingerprint density at radius 3 is 2.64 bits per heavy atom. The minimum atomic E-state index is 0.652. The summed E-state index contributed by atoms with van der Waals surface area (Å²) in [5.74, 6) is 1.31. The van der Waals surface area contributed by atoms with Crippen LogP contribution in [-0.2, 0) is 0 Å². The normalized spacial score (nSPS) is 11.0. The summed E-state index contributed by atoms with van der Waals surface area (Å²) in [7, 11) is 3.23. The van der Waals surface area contributed by atoms with Crippen LogP contribution in [0.25, 0.3) is 27.4 Å². The first-order valence-electron chi connectivity index (χ1n) is 7.50. The molecule has 0 radical (unpaired) electrons. The fourth-order valence-electron chi connectivity index (χ4n) is 2.64. The molecule has 0 N–H and O–H groups in total. The third kappa shape index (κ3) is 2.83. The second-order valence-electron chi connectivity index (χ2n) is 5.34. The Bertz CT molecular complexity index is 1060. The summed E-state index contributed by atoms with van der Waals surface area (Å²) in [5.41, 5.74) is 3.59. The number of hydrogen-bond acceptors (Lipinski definition) is 5. The number of nitrogens with zero attached hydrogens (tertiary/aromatic N) is 3. The van der Waals surface area contributed by atoms with Gasteiger partial charge in [0.1, 0.15) is 6.33 Å². The van der Waals surface area contributed by atoms with Gasteiger partial charge in [-0.15, -0.1) is 11.3 Å². The maximum absolute atomic E-state index is 6.08. The van der Waals surface area contributed by atoms with Gasteiger partial charge < -0.3 is 9.47 Å². The average molecular weight is 372 g/mol. The molecule has 0 saturated heterocycles. The molecule has 7 heteroatoms.